The van der Waals surface area contributed by atoms with Crippen LogP contribution >= 0.6 is 0 Å². The number of aliphatic hydroxyl groups excluding tert-OH is 1. The minimum absolute atomic E-state index is 0.0375. The minimum Gasteiger partial charge on any atom is -0.385 e. The van der Waals surface area contributed by atoms with Crippen molar-refractivity contribution in [2.24, 2.45) is 0 Å². The second-order valence-electron chi connectivity index (χ2n) is 5.57. The van der Waals surface area contributed by atoms with Gasteiger partial charge in [-0.1, -0.05) is 12.1 Å². The third-order valence-electron chi connectivity index (χ3n) is 3.58. The van der Waals surface area contributed by atoms with Crippen LogP contribution < -0.4 is 4.90 Å². The van der Waals surface area contributed by atoms with Crippen LogP contribution in [0.4, 0.5) is 36.4 Å². The lowest BCUT2D eigenvalue weighted by molar-refractivity contribution is -0.140. The van der Waals surface area contributed by atoms with Crippen LogP contribution in [0.1, 0.15) is 11.1 Å². The van der Waals surface area contributed by atoms with Gasteiger partial charge in [-0.05, 0) is 35.9 Å². The molecule has 2 aromatic carbocycles. The van der Waals surface area contributed by atoms with E-state index in [4.69, 9.17) is 0 Å². The number of halogens is 7. The molecule has 0 saturated heterocycles. The van der Waals surface area contributed by atoms with Gasteiger partial charge in [0.25, 0.3) is 6.43 Å². The first-order chi connectivity index (χ1) is 12.1. The molecule has 0 amide bonds. The zero-order chi connectivity index (χ0) is 19.5. The summed E-state index contributed by atoms with van der Waals surface area (Å²) in [6, 6.07) is 6.97. The zero-order valence-corrected chi connectivity index (χ0v) is 13.2. The van der Waals surface area contributed by atoms with Gasteiger partial charge in [0.05, 0.1) is 5.56 Å². The smallest absolute Gasteiger partial charge is 0.385 e. The fourth-order valence-corrected chi connectivity index (χ4v) is 2.35. The van der Waals surface area contributed by atoms with Crippen LogP contribution in [-0.4, -0.2) is 24.2 Å². The molecule has 2 nitrogen and oxygen atoms in total. The van der Waals surface area contributed by atoms with Crippen LogP contribution in [0.5, 0.6) is 0 Å². The first kappa shape index (κ1) is 20.0. The monoisotopic (exact) mass is 381 g/mol. The zero-order valence-electron chi connectivity index (χ0n) is 13.2. The van der Waals surface area contributed by atoms with Crippen LogP contribution in [0, 0.1) is 11.6 Å². The number of rotatable bonds is 6. The first-order valence-electron chi connectivity index (χ1n) is 7.40. The number of benzene rings is 2. The number of anilines is 1. The predicted octanol–water partition coefficient (Wildman–Crippen LogP) is 4.62. The quantitative estimate of drug-likeness (QED) is 0.739. The van der Waals surface area contributed by atoms with E-state index in [1.165, 1.54) is 12.1 Å². The Morgan fingerprint density at radius 1 is 1.00 bits per heavy atom. The standard InChI is InChI=1S/C17H14F7NO/c18-11-2-1-3-12(7-11)25(9-15(26)16(20)21)8-10-4-5-14(19)13(6-10)17(22,23)24/h1-7,15-16,26H,8-9H2. The lowest BCUT2D eigenvalue weighted by atomic mass is 10.1. The average Bonchev–Trinajstić information content (AvgIpc) is 2.54. The van der Waals surface area contributed by atoms with E-state index in [0.29, 0.717) is 12.1 Å². The molecule has 0 bridgehead atoms. The highest BCUT2D eigenvalue weighted by molar-refractivity contribution is 5.47. The molecule has 0 aromatic heterocycles. The van der Waals surface area contributed by atoms with Crippen molar-refractivity contribution in [1.82, 2.24) is 0 Å². The van der Waals surface area contributed by atoms with E-state index in [2.05, 4.69) is 0 Å². The molecular formula is C17H14F7NO. The van der Waals surface area contributed by atoms with Gasteiger partial charge < -0.3 is 10.0 Å². The first-order valence-corrected chi connectivity index (χ1v) is 7.40. The molecule has 0 aliphatic heterocycles. The van der Waals surface area contributed by atoms with Crippen LogP contribution in [-0.2, 0) is 12.7 Å². The number of hydrogen-bond acceptors (Lipinski definition) is 2. The molecule has 9 heteroatoms. The molecule has 2 rings (SSSR count). The van der Waals surface area contributed by atoms with Gasteiger partial charge in [-0.3, -0.25) is 0 Å². The van der Waals surface area contributed by atoms with Crippen molar-refractivity contribution in [3.05, 3.63) is 65.2 Å². The number of hydrogen-bond donors (Lipinski definition) is 1. The summed E-state index contributed by atoms with van der Waals surface area (Å²) in [7, 11) is 0. The number of nitrogens with zero attached hydrogens (tertiary/aromatic N) is 1. The second kappa shape index (κ2) is 7.94. The van der Waals surface area contributed by atoms with Gasteiger partial charge in [0.15, 0.2) is 0 Å². The molecule has 142 valence electrons. The lowest BCUT2D eigenvalue weighted by Crippen LogP contribution is -2.36. The van der Waals surface area contributed by atoms with E-state index in [1.54, 1.807) is 0 Å². The summed E-state index contributed by atoms with van der Waals surface area (Å²) in [4.78, 5) is 1.09. The van der Waals surface area contributed by atoms with Crippen molar-refractivity contribution >= 4 is 5.69 Å². The molecule has 0 heterocycles. The summed E-state index contributed by atoms with van der Waals surface area (Å²) < 4.78 is 90.5. The second-order valence-corrected chi connectivity index (χ2v) is 5.57. The molecule has 0 radical (unpaired) electrons. The van der Waals surface area contributed by atoms with Gasteiger partial charge in [0.2, 0.25) is 0 Å². The Hall–Kier alpha value is -2.29. The van der Waals surface area contributed by atoms with Crippen LogP contribution in [0.25, 0.3) is 0 Å². The largest absolute Gasteiger partial charge is 0.419 e. The van der Waals surface area contributed by atoms with Crippen molar-refractivity contribution in [3.8, 4) is 0 Å². The third kappa shape index (κ3) is 5.10. The molecule has 0 spiro atoms. The Bertz CT molecular complexity index is 748. The van der Waals surface area contributed by atoms with E-state index >= 15 is 0 Å². The number of alkyl halides is 5. The van der Waals surface area contributed by atoms with Gasteiger partial charge in [-0.2, -0.15) is 13.2 Å². The summed E-state index contributed by atoms with van der Waals surface area (Å²) >= 11 is 0. The highest BCUT2D eigenvalue weighted by atomic mass is 19.4. The molecule has 0 aliphatic rings. The SMILES string of the molecule is OC(CN(Cc1ccc(F)c(C(F)(F)F)c1)c1cccc(F)c1)C(F)F. The van der Waals surface area contributed by atoms with Crippen molar-refractivity contribution in [1.29, 1.82) is 0 Å². The maximum atomic E-state index is 13.4. The molecular weight excluding hydrogens is 367 g/mol. The maximum Gasteiger partial charge on any atom is 0.419 e. The molecule has 0 fully saturated rings. The fourth-order valence-electron chi connectivity index (χ4n) is 2.35. The van der Waals surface area contributed by atoms with Crippen molar-refractivity contribution in [2.45, 2.75) is 25.3 Å². The van der Waals surface area contributed by atoms with Crippen molar-refractivity contribution < 1.29 is 35.8 Å². The van der Waals surface area contributed by atoms with Gasteiger partial charge in [0.1, 0.15) is 17.7 Å². The van der Waals surface area contributed by atoms with E-state index in [-0.39, 0.29) is 17.8 Å². The summed E-state index contributed by atoms with van der Waals surface area (Å²) in [5.41, 5.74) is -1.45. The predicted molar refractivity (Wildman–Crippen MR) is 80.9 cm³/mol. The lowest BCUT2D eigenvalue weighted by Gasteiger charge is -2.27. The fraction of sp³-hybridized carbons (Fsp3) is 0.294. The Labute approximate surface area is 144 Å². The molecule has 1 atom stereocenters. The van der Waals surface area contributed by atoms with Crippen LogP contribution in [0.2, 0.25) is 0 Å². The molecule has 26 heavy (non-hydrogen) atoms. The van der Waals surface area contributed by atoms with Crippen LogP contribution in [0.3, 0.4) is 0 Å². The number of aliphatic hydroxyl groups is 1. The third-order valence-corrected chi connectivity index (χ3v) is 3.58. The Balaban J connectivity index is 2.35. The molecule has 0 saturated carbocycles. The molecule has 2 aromatic rings. The summed E-state index contributed by atoms with van der Waals surface area (Å²) in [5.74, 6) is -2.15. The van der Waals surface area contributed by atoms with Crippen molar-refractivity contribution in [2.75, 3.05) is 11.4 Å². The summed E-state index contributed by atoms with van der Waals surface area (Å²) in [5, 5.41) is 9.41. The molecule has 1 unspecified atom stereocenters. The van der Waals surface area contributed by atoms with Gasteiger partial charge in [0, 0.05) is 18.8 Å². The maximum absolute atomic E-state index is 13.4. The highest BCUT2D eigenvalue weighted by Gasteiger charge is 2.34. The average molecular weight is 381 g/mol. The topological polar surface area (TPSA) is 23.5 Å². The summed E-state index contributed by atoms with van der Waals surface area (Å²) in [6.07, 6.45) is -10.1. The van der Waals surface area contributed by atoms with Gasteiger partial charge >= 0.3 is 6.18 Å². The Morgan fingerprint density at radius 2 is 1.69 bits per heavy atom. The van der Waals surface area contributed by atoms with Crippen LogP contribution in [0.15, 0.2) is 42.5 Å². The Kier molecular flexibility index (Phi) is 6.12. The Morgan fingerprint density at radius 3 is 2.27 bits per heavy atom. The van der Waals surface area contributed by atoms with E-state index in [1.807, 2.05) is 0 Å². The summed E-state index contributed by atoms with van der Waals surface area (Å²) in [6.45, 7) is -1.02. The van der Waals surface area contributed by atoms with Gasteiger partial charge in [-0.15, -0.1) is 0 Å². The molecule has 1 N–H and O–H groups in total. The van der Waals surface area contributed by atoms with Crippen molar-refractivity contribution in [3.63, 3.8) is 0 Å². The highest BCUT2D eigenvalue weighted by Crippen LogP contribution is 2.32. The molecule has 0 aliphatic carbocycles. The van der Waals surface area contributed by atoms with E-state index < -0.39 is 42.4 Å². The van der Waals surface area contributed by atoms with Gasteiger partial charge in [-0.25, -0.2) is 17.6 Å². The normalized spacial score (nSPS) is 13.1. The van der Waals surface area contributed by atoms with E-state index in [9.17, 15) is 35.8 Å². The minimum atomic E-state index is -4.92. The van der Waals surface area contributed by atoms with E-state index in [0.717, 1.165) is 23.1 Å².